The van der Waals surface area contributed by atoms with Gasteiger partial charge < -0.3 is 5.32 Å². The summed E-state index contributed by atoms with van der Waals surface area (Å²) in [5.41, 5.74) is 1.06. The lowest BCUT2D eigenvalue weighted by atomic mass is 10.2. The average Bonchev–Trinajstić information content (AvgIpc) is 3.18. The predicted octanol–water partition coefficient (Wildman–Crippen LogP) is 3.12. The monoisotopic (exact) mass is 347 g/mol. The number of amides is 1. The highest BCUT2D eigenvalue weighted by molar-refractivity contribution is 6.30. The Hall–Kier alpha value is -2.67. The largest absolute Gasteiger partial charge is 0.322 e. The van der Waals surface area contributed by atoms with Crippen molar-refractivity contribution in [1.29, 1.82) is 0 Å². The number of benzene rings is 1. The summed E-state index contributed by atoms with van der Waals surface area (Å²) in [5.74, 6) is -0.539. The zero-order valence-corrected chi connectivity index (χ0v) is 13.6. The summed E-state index contributed by atoms with van der Waals surface area (Å²) >= 11 is 5.80. The van der Waals surface area contributed by atoms with Crippen LogP contribution in [0.1, 0.15) is 18.5 Å². The van der Waals surface area contributed by atoms with Gasteiger partial charge >= 0.3 is 0 Å². The summed E-state index contributed by atoms with van der Waals surface area (Å²) in [7, 11) is 0. The molecule has 0 saturated carbocycles. The van der Waals surface area contributed by atoms with Gasteiger partial charge in [0, 0.05) is 18.0 Å². The SMILES string of the molecule is CC(C(=O)Nc1cnn(Cc2ccccc2F)c1)n1cc(Cl)cn1. The van der Waals surface area contributed by atoms with E-state index < -0.39 is 6.04 Å². The maximum absolute atomic E-state index is 13.7. The fourth-order valence-corrected chi connectivity index (χ4v) is 2.35. The lowest BCUT2D eigenvalue weighted by Crippen LogP contribution is -2.23. The Bertz CT molecular complexity index is 860. The first kappa shape index (κ1) is 16.2. The maximum atomic E-state index is 13.7. The molecule has 2 heterocycles. The second-order valence-corrected chi connectivity index (χ2v) is 5.76. The van der Waals surface area contributed by atoms with Gasteiger partial charge in [-0.2, -0.15) is 10.2 Å². The fourth-order valence-electron chi connectivity index (χ4n) is 2.21. The van der Waals surface area contributed by atoms with Gasteiger partial charge in [0.15, 0.2) is 0 Å². The molecule has 1 unspecified atom stereocenters. The molecule has 1 atom stereocenters. The van der Waals surface area contributed by atoms with Gasteiger partial charge in [0.2, 0.25) is 5.91 Å². The van der Waals surface area contributed by atoms with Crippen molar-refractivity contribution in [3.63, 3.8) is 0 Å². The van der Waals surface area contributed by atoms with Crippen LogP contribution in [-0.4, -0.2) is 25.5 Å². The highest BCUT2D eigenvalue weighted by Crippen LogP contribution is 2.15. The smallest absolute Gasteiger partial charge is 0.249 e. The summed E-state index contributed by atoms with van der Waals surface area (Å²) in [4.78, 5) is 12.2. The van der Waals surface area contributed by atoms with Crippen LogP contribution in [-0.2, 0) is 11.3 Å². The van der Waals surface area contributed by atoms with Crippen molar-refractivity contribution in [3.05, 3.63) is 65.5 Å². The molecule has 1 aromatic carbocycles. The van der Waals surface area contributed by atoms with E-state index in [0.717, 1.165) is 0 Å². The van der Waals surface area contributed by atoms with E-state index in [9.17, 15) is 9.18 Å². The van der Waals surface area contributed by atoms with Crippen molar-refractivity contribution in [1.82, 2.24) is 19.6 Å². The zero-order chi connectivity index (χ0) is 17.1. The summed E-state index contributed by atoms with van der Waals surface area (Å²) in [6.07, 6.45) is 6.21. The van der Waals surface area contributed by atoms with Crippen molar-refractivity contribution in [2.24, 2.45) is 0 Å². The van der Waals surface area contributed by atoms with Crippen LogP contribution in [0.25, 0.3) is 0 Å². The van der Waals surface area contributed by atoms with Gasteiger partial charge in [-0.1, -0.05) is 29.8 Å². The van der Waals surface area contributed by atoms with E-state index in [1.54, 1.807) is 42.2 Å². The Morgan fingerprint density at radius 2 is 2.08 bits per heavy atom. The van der Waals surface area contributed by atoms with Gasteiger partial charge in [-0.05, 0) is 13.0 Å². The molecule has 1 amide bonds. The number of aromatic nitrogens is 4. The minimum atomic E-state index is -0.521. The van der Waals surface area contributed by atoms with Crippen LogP contribution >= 0.6 is 11.6 Å². The molecular weight excluding hydrogens is 333 g/mol. The third-order valence-corrected chi connectivity index (χ3v) is 3.73. The molecule has 0 bridgehead atoms. The Labute approximate surface area is 142 Å². The topological polar surface area (TPSA) is 64.7 Å². The number of rotatable bonds is 5. The van der Waals surface area contributed by atoms with E-state index >= 15 is 0 Å². The van der Waals surface area contributed by atoms with Crippen molar-refractivity contribution >= 4 is 23.2 Å². The van der Waals surface area contributed by atoms with Crippen LogP contribution in [0.5, 0.6) is 0 Å². The molecule has 0 aliphatic heterocycles. The molecular formula is C16H15ClFN5O. The van der Waals surface area contributed by atoms with Gasteiger partial charge in [-0.3, -0.25) is 14.2 Å². The normalized spacial score (nSPS) is 12.1. The molecule has 0 fully saturated rings. The highest BCUT2D eigenvalue weighted by atomic mass is 35.5. The van der Waals surface area contributed by atoms with Gasteiger partial charge in [0.05, 0.1) is 29.6 Å². The van der Waals surface area contributed by atoms with E-state index in [1.165, 1.54) is 23.1 Å². The minimum absolute atomic E-state index is 0.250. The quantitative estimate of drug-likeness (QED) is 0.771. The van der Waals surface area contributed by atoms with Gasteiger partial charge in [0.1, 0.15) is 11.9 Å². The third-order valence-electron chi connectivity index (χ3n) is 3.54. The van der Waals surface area contributed by atoms with Crippen molar-refractivity contribution in [2.45, 2.75) is 19.5 Å². The minimum Gasteiger partial charge on any atom is -0.322 e. The Morgan fingerprint density at radius 3 is 2.79 bits per heavy atom. The molecule has 3 aromatic rings. The van der Waals surface area contributed by atoms with Crippen LogP contribution in [0.15, 0.2) is 49.1 Å². The molecule has 1 N–H and O–H groups in total. The maximum Gasteiger partial charge on any atom is 0.249 e. The number of nitrogens with zero attached hydrogens (tertiary/aromatic N) is 4. The van der Waals surface area contributed by atoms with E-state index in [2.05, 4.69) is 15.5 Å². The van der Waals surface area contributed by atoms with Crippen LogP contribution in [0.4, 0.5) is 10.1 Å². The predicted molar refractivity (Wildman–Crippen MR) is 88.3 cm³/mol. The van der Waals surface area contributed by atoms with Crippen molar-refractivity contribution in [3.8, 4) is 0 Å². The van der Waals surface area contributed by atoms with Crippen molar-refractivity contribution in [2.75, 3.05) is 5.32 Å². The lowest BCUT2D eigenvalue weighted by molar-refractivity contribution is -0.119. The third kappa shape index (κ3) is 3.62. The molecule has 0 aliphatic carbocycles. The Kier molecular flexibility index (Phi) is 4.61. The molecule has 6 nitrogen and oxygen atoms in total. The van der Waals surface area contributed by atoms with Crippen LogP contribution in [0.3, 0.4) is 0 Å². The first-order chi connectivity index (χ1) is 11.5. The zero-order valence-electron chi connectivity index (χ0n) is 12.9. The first-order valence-corrected chi connectivity index (χ1v) is 7.67. The van der Waals surface area contributed by atoms with E-state index in [-0.39, 0.29) is 18.3 Å². The van der Waals surface area contributed by atoms with E-state index in [4.69, 9.17) is 11.6 Å². The van der Waals surface area contributed by atoms with Gasteiger partial charge in [0.25, 0.3) is 0 Å². The van der Waals surface area contributed by atoms with E-state index in [1.807, 2.05) is 0 Å². The van der Waals surface area contributed by atoms with Gasteiger partial charge in [-0.15, -0.1) is 0 Å². The molecule has 24 heavy (non-hydrogen) atoms. The summed E-state index contributed by atoms with van der Waals surface area (Å²) in [6.45, 7) is 2.00. The molecule has 0 saturated heterocycles. The van der Waals surface area contributed by atoms with Crippen LogP contribution in [0.2, 0.25) is 5.02 Å². The molecule has 8 heteroatoms. The first-order valence-electron chi connectivity index (χ1n) is 7.29. The molecule has 0 aliphatic rings. The van der Waals surface area contributed by atoms with E-state index in [0.29, 0.717) is 16.3 Å². The number of anilines is 1. The van der Waals surface area contributed by atoms with Gasteiger partial charge in [-0.25, -0.2) is 4.39 Å². The second kappa shape index (κ2) is 6.84. The molecule has 0 radical (unpaired) electrons. The average molecular weight is 348 g/mol. The van der Waals surface area contributed by atoms with Crippen LogP contribution < -0.4 is 5.32 Å². The number of carbonyl (C=O) groups is 1. The summed E-state index contributed by atoms with van der Waals surface area (Å²) in [6, 6.07) is 5.97. The Morgan fingerprint density at radius 1 is 1.29 bits per heavy atom. The summed E-state index contributed by atoms with van der Waals surface area (Å²) < 4.78 is 16.7. The molecule has 2 aromatic heterocycles. The van der Waals surface area contributed by atoms with Crippen LogP contribution in [0, 0.1) is 5.82 Å². The molecule has 0 spiro atoms. The van der Waals surface area contributed by atoms with Crippen molar-refractivity contribution < 1.29 is 9.18 Å². The number of hydrogen-bond acceptors (Lipinski definition) is 3. The number of hydrogen-bond donors (Lipinski definition) is 1. The summed E-state index contributed by atoms with van der Waals surface area (Å²) in [5, 5.41) is 11.4. The Balaban J connectivity index is 1.65. The second-order valence-electron chi connectivity index (χ2n) is 5.32. The lowest BCUT2D eigenvalue weighted by Gasteiger charge is -2.11. The number of halogens is 2. The number of nitrogens with one attached hydrogen (secondary N) is 1. The standard InChI is InChI=1S/C16H15ClFN5O/c1-11(23-9-13(17)6-20-23)16(24)21-14-7-19-22(10-14)8-12-4-2-3-5-15(12)18/h2-7,9-11H,8H2,1H3,(H,21,24). The number of carbonyl (C=O) groups excluding carboxylic acids is 1. The molecule has 124 valence electrons. The fraction of sp³-hybridized carbons (Fsp3) is 0.188. The highest BCUT2D eigenvalue weighted by Gasteiger charge is 2.16. The molecule has 3 rings (SSSR count).